The summed E-state index contributed by atoms with van der Waals surface area (Å²) in [5, 5.41) is 0.788. The zero-order valence-corrected chi connectivity index (χ0v) is 10.8. The summed E-state index contributed by atoms with van der Waals surface area (Å²) in [7, 11) is 0.830. The van der Waals surface area contributed by atoms with E-state index in [2.05, 4.69) is 4.18 Å². The van der Waals surface area contributed by atoms with Crippen molar-refractivity contribution in [3.05, 3.63) is 32.8 Å². The lowest BCUT2D eigenvalue weighted by molar-refractivity contribution is 0.318. The molecule has 15 heavy (non-hydrogen) atoms. The van der Waals surface area contributed by atoms with E-state index in [1.165, 1.54) is 12.1 Å². The minimum atomic E-state index is -4.02. The Kier molecular flexibility index (Phi) is 4.52. The van der Waals surface area contributed by atoms with Crippen LogP contribution >= 0.6 is 45.5 Å². The Morgan fingerprint density at radius 1 is 1.07 bits per heavy atom. The van der Waals surface area contributed by atoms with Gasteiger partial charge in [0.25, 0.3) is 0 Å². The maximum absolute atomic E-state index is 10.5. The standard InChI is InChI=1S/C7H4Cl4O3S/c8-5-2-7(10)6(9)1-4(5)3-14-15(11,12)13/h1-2H,3H2. The van der Waals surface area contributed by atoms with Crippen molar-refractivity contribution in [3.63, 3.8) is 0 Å². The second-order valence-electron chi connectivity index (χ2n) is 2.51. The molecule has 0 amide bonds. The maximum Gasteiger partial charge on any atom is 0.355 e. The van der Waals surface area contributed by atoms with Crippen LogP contribution in [0.1, 0.15) is 5.56 Å². The van der Waals surface area contributed by atoms with Gasteiger partial charge >= 0.3 is 9.33 Å². The Bertz CT molecular complexity index is 471. The molecule has 1 rings (SSSR count). The SMILES string of the molecule is O=S(=O)(Cl)OCc1cc(Cl)c(Cl)cc1Cl. The van der Waals surface area contributed by atoms with Gasteiger partial charge in [-0.1, -0.05) is 34.8 Å². The minimum Gasteiger partial charge on any atom is -0.253 e. The minimum absolute atomic E-state index is 0.254. The summed E-state index contributed by atoms with van der Waals surface area (Å²) in [5.74, 6) is 0. The first-order chi connectivity index (χ1) is 6.79. The predicted octanol–water partition coefficient (Wildman–Crippen LogP) is 3.65. The third kappa shape index (κ3) is 4.34. The van der Waals surface area contributed by atoms with Gasteiger partial charge in [-0.2, -0.15) is 8.42 Å². The van der Waals surface area contributed by atoms with E-state index in [0.717, 1.165) is 0 Å². The first kappa shape index (κ1) is 13.4. The van der Waals surface area contributed by atoms with Crippen LogP contribution in [0, 0.1) is 0 Å². The van der Waals surface area contributed by atoms with Gasteiger partial charge in [0.05, 0.1) is 16.7 Å². The molecule has 0 spiro atoms. The summed E-state index contributed by atoms with van der Waals surface area (Å²) in [6, 6.07) is 2.80. The lowest BCUT2D eigenvalue weighted by Gasteiger charge is -2.05. The first-order valence-electron chi connectivity index (χ1n) is 3.52. The van der Waals surface area contributed by atoms with Crippen LogP contribution in [0.25, 0.3) is 0 Å². The topological polar surface area (TPSA) is 43.4 Å². The smallest absolute Gasteiger partial charge is 0.253 e. The van der Waals surface area contributed by atoms with Crippen LogP contribution in [0.4, 0.5) is 0 Å². The van der Waals surface area contributed by atoms with Crippen molar-refractivity contribution in [3.8, 4) is 0 Å². The predicted molar refractivity (Wildman–Crippen MR) is 61.0 cm³/mol. The molecule has 1 aromatic carbocycles. The molecular weight excluding hydrogens is 306 g/mol. The molecule has 0 saturated heterocycles. The molecule has 0 fully saturated rings. The highest BCUT2D eigenvalue weighted by Crippen LogP contribution is 2.29. The van der Waals surface area contributed by atoms with Crippen LogP contribution in [-0.4, -0.2) is 8.42 Å². The quantitative estimate of drug-likeness (QED) is 0.632. The highest BCUT2D eigenvalue weighted by molar-refractivity contribution is 8.09. The van der Waals surface area contributed by atoms with Crippen LogP contribution in [0.2, 0.25) is 15.1 Å². The Balaban J connectivity index is 2.91. The molecule has 0 saturated carbocycles. The second kappa shape index (κ2) is 5.08. The van der Waals surface area contributed by atoms with E-state index in [4.69, 9.17) is 45.5 Å². The number of halogens is 4. The van der Waals surface area contributed by atoms with Crippen molar-refractivity contribution in [2.45, 2.75) is 6.61 Å². The van der Waals surface area contributed by atoms with E-state index >= 15 is 0 Å². The molecule has 0 aliphatic carbocycles. The van der Waals surface area contributed by atoms with E-state index in [1.54, 1.807) is 0 Å². The van der Waals surface area contributed by atoms with Gasteiger partial charge in [-0.25, -0.2) is 0 Å². The molecule has 0 bridgehead atoms. The third-order valence-corrected chi connectivity index (χ3v) is 3.19. The van der Waals surface area contributed by atoms with E-state index in [-0.39, 0.29) is 21.7 Å². The summed E-state index contributed by atoms with van der Waals surface area (Å²) in [6.07, 6.45) is 0. The van der Waals surface area contributed by atoms with Gasteiger partial charge in [-0.15, -0.1) is 0 Å². The molecule has 8 heteroatoms. The number of hydrogen-bond donors (Lipinski definition) is 0. The lowest BCUT2D eigenvalue weighted by atomic mass is 10.2. The van der Waals surface area contributed by atoms with Crippen LogP contribution in [0.3, 0.4) is 0 Å². The van der Waals surface area contributed by atoms with Crippen molar-refractivity contribution in [2.24, 2.45) is 0 Å². The van der Waals surface area contributed by atoms with Gasteiger partial charge in [-0.05, 0) is 17.7 Å². The van der Waals surface area contributed by atoms with E-state index in [1.807, 2.05) is 0 Å². The third-order valence-electron chi connectivity index (χ3n) is 1.44. The summed E-state index contributed by atoms with van der Waals surface area (Å²) in [6.45, 7) is -0.290. The van der Waals surface area contributed by atoms with Gasteiger partial charge in [0.2, 0.25) is 0 Å². The summed E-state index contributed by atoms with van der Waals surface area (Å²) < 4.78 is 25.4. The van der Waals surface area contributed by atoms with Crippen LogP contribution in [0.15, 0.2) is 12.1 Å². The molecule has 0 aliphatic rings. The monoisotopic (exact) mass is 308 g/mol. The van der Waals surface area contributed by atoms with Gasteiger partial charge in [0.1, 0.15) is 0 Å². The Morgan fingerprint density at radius 2 is 1.60 bits per heavy atom. The lowest BCUT2D eigenvalue weighted by Crippen LogP contribution is -1.98. The molecular formula is C7H4Cl4O3S. The summed E-state index contributed by atoms with van der Waals surface area (Å²) in [5.41, 5.74) is 0.385. The fourth-order valence-electron chi connectivity index (χ4n) is 0.808. The zero-order chi connectivity index (χ0) is 11.6. The van der Waals surface area contributed by atoms with Gasteiger partial charge in [-0.3, -0.25) is 4.18 Å². The highest BCUT2D eigenvalue weighted by Gasteiger charge is 2.10. The molecule has 84 valence electrons. The molecule has 0 radical (unpaired) electrons. The van der Waals surface area contributed by atoms with Crippen LogP contribution in [-0.2, 0) is 20.1 Å². The molecule has 0 atom stereocenters. The van der Waals surface area contributed by atoms with E-state index < -0.39 is 9.33 Å². The van der Waals surface area contributed by atoms with Crippen LogP contribution in [0.5, 0.6) is 0 Å². The first-order valence-corrected chi connectivity index (χ1v) is 6.89. The van der Waals surface area contributed by atoms with Gasteiger partial charge < -0.3 is 0 Å². The Labute approximate surface area is 106 Å². The van der Waals surface area contributed by atoms with Crippen molar-refractivity contribution in [1.29, 1.82) is 0 Å². The Morgan fingerprint density at radius 3 is 2.13 bits per heavy atom. The maximum atomic E-state index is 10.5. The molecule has 0 heterocycles. The highest BCUT2D eigenvalue weighted by atomic mass is 35.7. The normalized spacial score (nSPS) is 11.7. The Hall–Kier alpha value is 0.290. The number of rotatable bonds is 3. The van der Waals surface area contributed by atoms with Crippen LogP contribution < -0.4 is 0 Å². The largest absolute Gasteiger partial charge is 0.355 e. The molecule has 0 unspecified atom stereocenters. The zero-order valence-electron chi connectivity index (χ0n) is 7.01. The fourth-order valence-corrected chi connectivity index (χ4v) is 1.83. The second-order valence-corrected chi connectivity index (χ2v) is 5.89. The van der Waals surface area contributed by atoms with E-state index in [9.17, 15) is 8.42 Å². The number of hydrogen-bond acceptors (Lipinski definition) is 3. The van der Waals surface area contributed by atoms with Gasteiger partial charge in [0.15, 0.2) is 0 Å². The van der Waals surface area contributed by atoms with Crippen molar-refractivity contribution < 1.29 is 12.6 Å². The summed E-state index contributed by atoms with van der Waals surface area (Å²) in [4.78, 5) is 0. The van der Waals surface area contributed by atoms with Crippen molar-refractivity contribution in [1.82, 2.24) is 0 Å². The molecule has 0 aromatic heterocycles. The average molecular weight is 310 g/mol. The molecule has 1 aromatic rings. The van der Waals surface area contributed by atoms with Gasteiger partial charge in [0, 0.05) is 15.7 Å². The molecule has 3 nitrogen and oxygen atoms in total. The average Bonchev–Trinajstić information content (AvgIpc) is 2.07. The van der Waals surface area contributed by atoms with E-state index in [0.29, 0.717) is 5.56 Å². The summed E-state index contributed by atoms with van der Waals surface area (Å²) >= 11 is 17.2. The molecule has 0 N–H and O–H groups in total. The van der Waals surface area contributed by atoms with Crippen molar-refractivity contribution >= 4 is 54.8 Å². The molecule has 0 aliphatic heterocycles. The number of benzene rings is 1. The van der Waals surface area contributed by atoms with Crippen molar-refractivity contribution in [2.75, 3.05) is 0 Å². The fraction of sp³-hybridized carbons (Fsp3) is 0.143.